The first-order chi connectivity index (χ1) is 22.3. The Morgan fingerprint density at radius 3 is 1.51 bits per heavy atom. The monoisotopic (exact) mass is 572 g/mol. The number of para-hydroxylation sites is 1. The molecule has 210 valence electrons. The van der Waals surface area contributed by atoms with E-state index in [2.05, 4.69) is 158 Å². The standard InChI is InChI=1S/C44H28O/c1-3-16-35-29(11-1)13-10-21-36(35)30-23-25-31(26-24-30)43-37-17-4-6-19-39(37)44(40-20-7-5-18-38(40)43)34-15-9-14-32(27-34)42-28-33-12-2-8-22-41(33)45-42/h1-28H. The van der Waals surface area contributed by atoms with Gasteiger partial charge in [0.1, 0.15) is 11.3 Å². The summed E-state index contributed by atoms with van der Waals surface area (Å²) in [6.07, 6.45) is 0. The molecule has 0 aliphatic carbocycles. The molecule has 8 aromatic carbocycles. The Bertz CT molecular complexity index is 2440. The molecule has 9 rings (SSSR count). The lowest BCUT2D eigenvalue weighted by Gasteiger charge is -2.18. The van der Waals surface area contributed by atoms with Crippen molar-refractivity contribution >= 4 is 43.3 Å². The van der Waals surface area contributed by atoms with Crippen LogP contribution in [0.1, 0.15) is 0 Å². The molecule has 0 radical (unpaired) electrons. The Morgan fingerprint density at radius 2 is 0.822 bits per heavy atom. The van der Waals surface area contributed by atoms with Crippen molar-refractivity contribution in [3.63, 3.8) is 0 Å². The Morgan fingerprint density at radius 1 is 0.311 bits per heavy atom. The van der Waals surface area contributed by atoms with Gasteiger partial charge >= 0.3 is 0 Å². The number of hydrogen-bond donors (Lipinski definition) is 0. The maximum absolute atomic E-state index is 6.26. The van der Waals surface area contributed by atoms with Crippen molar-refractivity contribution in [2.24, 2.45) is 0 Å². The smallest absolute Gasteiger partial charge is 0.135 e. The molecule has 0 amide bonds. The Labute approximate surface area is 261 Å². The van der Waals surface area contributed by atoms with Crippen molar-refractivity contribution in [1.29, 1.82) is 0 Å². The second kappa shape index (κ2) is 10.4. The molecule has 0 atom stereocenters. The minimum atomic E-state index is 0.884. The highest BCUT2D eigenvalue weighted by Gasteiger charge is 2.17. The first-order valence-corrected chi connectivity index (χ1v) is 15.4. The van der Waals surface area contributed by atoms with E-state index in [0.717, 1.165) is 22.3 Å². The molecule has 0 bridgehead atoms. The van der Waals surface area contributed by atoms with Crippen LogP contribution in [-0.4, -0.2) is 0 Å². The van der Waals surface area contributed by atoms with Gasteiger partial charge in [-0.15, -0.1) is 0 Å². The Kier molecular flexibility index (Phi) is 5.89. The van der Waals surface area contributed by atoms with Gasteiger partial charge in [-0.1, -0.05) is 152 Å². The van der Waals surface area contributed by atoms with Crippen molar-refractivity contribution in [1.82, 2.24) is 0 Å². The summed E-state index contributed by atoms with van der Waals surface area (Å²) in [4.78, 5) is 0. The van der Waals surface area contributed by atoms with Gasteiger partial charge in [0, 0.05) is 10.9 Å². The molecule has 0 saturated heterocycles. The summed E-state index contributed by atoms with van der Waals surface area (Å²) in [6.45, 7) is 0. The number of fused-ring (bicyclic) bond motifs is 4. The van der Waals surface area contributed by atoms with E-state index < -0.39 is 0 Å². The van der Waals surface area contributed by atoms with E-state index in [4.69, 9.17) is 4.42 Å². The zero-order chi connectivity index (χ0) is 29.7. The van der Waals surface area contributed by atoms with Crippen molar-refractivity contribution < 1.29 is 4.42 Å². The molecule has 0 saturated carbocycles. The van der Waals surface area contributed by atoms with Crippen molar-refractivity contribution in [3.05, 3.63) is 170 Å². The van der Waals surface area contributed by atoms with Crippen molar-refractivity contribution in [3.8, 4) is 44.7 Å². The van der Waals surface area contributed by atoms with Crippen molar-refractivity contribution in [2.75, 3.05) is 0 Å². The zero-order valence-corrected chi connectivity index (χ0v) is 24.6. The molecule has 0 fully saturated rings. The molecule has 45 heavy (non-hydrogen) atoms. The summed E-state index contributed by atoms with van der Waals surface area (Å²) in [5.74, 6) is 0.884. The van der Waals surface area contributed by atoms with Gasteiger partial charge in [0.25, 0.3) is 0 Å². The fourth-order valence-electron chi connectivity index (χ4n) is 7.00. The average molecular weight is 573 g/mol. The third-order valence-corrected chi connectivity index (χ3v) is 9.07. The highest BCUT2D eigenvalue weighted by molar-refractivity contribution is 6.21. The molecule has 0 aliphatic heterocycles. The number of rotatable bonds is 4. The average Bonchev–Trinajstić information content (AvgIpc) is 3.55. The van der Waals surface area contributed by atoms with Gasteiger partial charge in [0.2, 0.25) is 0 Å². The van der Waals surface area contributed by atoms with Crippen LogP contribution in [0.4, 0.5) is 0 Å². The third-order valence-electron chi connectivity index (χ3n) is 9.07. The van der Waals surface area contributed by atoms with Crippen LogP contribution >= 0.6 is 0 Å². The van der Waals surface area contributed by atoms with Crippen LogP contribution < -0.4 is 0 Å². The predicted molar refractivity (Wildman–Crippen MR) is 190 cm³/mol. The lowest BCUT2D eigenvalue weighted by Crippen LogP contribution is -1.91. The maximum atomic E-state index is 6.26. The normalized spacial score (nSPS) is 11.6. The van der Waals surface area contributed by atoms with E-state index in [-0.39, 0.29) is 0 Å². The van der Waals surface area contributed by atoms with E-state index >= 15 is 0 Å². The second-order valence-corrected chi connectivity index (χ2v) is 11.7. The summed E-state index contributed by atoms with van der Waals surface area (Å²) >= 11 is 0. The molecular formula is C44H28O. The molecular weight excluding hydrogens is 544 g/mol. The largest absolute Gasteiger partial charge is 0.456 e. The van der Waals surface area contributed by atoms with E-state index in [1.165, 1.54) is 65.7 Å². The SMILES string of the molecule is c1cc(-c2cc3ccccc3o2)cc(-c2c3ccccc3c(-c3ccc(-c4cccc5ccccc45)cc3)c3ccccc23)c1. The molecule has 1 aromatic heterocycles. The number of hydrogen-bond acceptors (Lipinski definition) is 1. The summed E-state index contributed by atoms with van der Waals surface area (Å²) < 4.78 is 6.26. The predicted octanol–water partition coefficient (Wildman–Crippen LogP) is 12.6. The van der Waals surface area contributed by atoms with Crippen LogP contribution in [-0.2, 0) is 0 Å². The van der Waals surface area contributed by atoms with E-state index in [9.17, 15) is 0 Å². The van der Waals surface area contributed by atoms with Crippen LogP contribution in [0.25, 0.3) is 88.0 Å². The van der Waals surface area contributed by atoms with Gasteiger partial charge in [-0.3, -0.25) is 0 Å². The minimum Gasteiger partial charge on any atom is -0.456 e. The van der Waals surface area contributed by atoms with E-state index in [1.807, 2.05) is 12.1 Å². The molecule has 1 nitrogen and oxygen atoms in total. The van der Waals surface area contributed by atoms with Crippen LogP contribution in [0.2, 0.25) is 0 Å². The highest BCUT2D eigenvalue weighted by Crippen LogP contribution is 2.44. The number of benzene rings is 8. The summed E-state index contributed by atoms with van der Waals surface area (Å²) in [5, 5.41) is 8.63. The summed E-state index contributed by atoms with van der Waals surface area (Å²) in [5.41, 5.74) is 9.37. The van der Waals surface area contributed by atoms with E-state index in [0.29, 0.717) is 0 Å². The molecule has 1 heteroatoms. The molecule has 0 unspecified atom stereocenters. The van der Waals surface area contributed by atoms with Crippen LogP contribution in [0.5, 0.6) is 0 Å². The van der Waals surface area contributed by atoms with Gasteiger partial charge in [0.05, 0.1) is 0 Å². The van der Waals surface area contributed by atoms with Crippen LogP contribution in [0.3, 0.4) is 0 Å². The first kappa shape index (κ1) is 25.6. The molecule has 0 N–H and O–H groups in total. The highest BCUT2D eigenvalue weighted by atomic mass is 16.3. The van der Waals surface area contributed by atoms with Gasteiger partial charge in [0.15, 0.2) is 0 Å². The lowest BCUT2D eigenvalue weighted by atomic mass is 9.85. The minimum absolute atomic E-state index is 0.884. The second-order valence-electron chi connectivity index (χ2n) is 11.7. The summed E-state index contributed by atoms with van der Waals surface area (Å²) in [7, 11) is 0. The maximum Gasteiger partial charge on any atom is 0.135 e. The molecule has 0 spiro atoms. The first-order valence-electron chi connectivity index (χ1n) is 15.4. The molecule has 1 heterocycles. The van der Waals surface area contributed by atoms with Gasteiger partial charge in [-0.2, -0.15) is 0 Å². The zero-order valence-electron chi connectivity index (χ0n) is 24.6. The summed E-state index contributed by atoms with van der Waals surface area (Å²) in [6, 6.07) is 61.0. The van der Waals surface area contributed by atoms with Crippen LogP contribution in [0, 0.1) is 0 Å². The van der Waals surface area contributed by atoms with E-state index in [1.54, 1.807) is 0 Å². The molecule has 0 aliphatic rings. The third kappa shape index (κ3) is 4.24. The van der Waals surface area contributed by atoms with Crippen molar-refractivity contribution in [2.45, 2.75) is 0 Å². The van der Waals surface area contributed by atoms with Crippen LogP contribution in [0.15, 0.2) is 174 Å². The number of furan rings is 1. The van der Waals surface area contributed by atoms with Gasteiger partial charge in [-0.25, -0.2) is 0 Å². The fraction of sp³-hybridized carbons (Fsp3) is 0. The quantitative estimate of drug-likeness (QED) is 0.191. The van der Waals surface area contributed by atoms with Gasteiger partial charge in [-0.05, 0) is 83.9 Å². The van der Waals surface area contributed by atoms with Gasteiger partial charge < -0.3 is 4.42 Å². The lowest BCUT2D eigenvalue weighted by molar-refractivity contribution is 0.631. The Balaban J connectivity index is 1.23. The topological polar surface area (TPSA) is 13.1 Å². The molecule has 9 aromatic rings. The Hall–Kier alpha value is -5.92. The fourth-order valence-corrected chi connectivity index (χ4v) is 7.00.